The number of benzene rings is 1. The van der Waals surface area contributed by atoms with E-state index in [2.05, 4.69) is 22.0 Å². The van der Waals surface area contributed by atoms with Gasteiger partial charge in [0.05, 0.1) is 12.1 Å². The molecule has 7 heteroatoms. The van der Waals surface area contributed by atoms with Gasteiger partial charge in [0.15, 0.2) is 0 Å². The van der Waals surface area contributed by atoms with Gasteiger partial charge in [0.2, 0.25) is 11.7 Å². The monoisotopic (exact) mass is 353 g/mol. The predicted octanol–water partition coefficient (Wildman–Crippen LogP) is 4.91. The van der Waals surface area contributed by atoms with Gasteiger partial charge in [-0.3, -0.25) is 4.90 Å². The molecule has 4 nitrogen and oxygen atoms in total. The highest BCUT2D eigenvalue weighted by atomic mass is 19.4. The van der Waals surface area contributed by atoms with E-state index in [9.17, 15) is 13.2 Å². The molecule has 1 aliphatic carbocycles. The van der Waals surface area contributed by atoms with Crippen molar-refractivity contribution in [3.63, 3.8) is 0 Å². The molecule has 0 bridgehead atoms. The normalized spacial score (nSPS) is 16.5. The molecule has 0 radical (unpaired) electrons. The van der Waals surface area contributed by atoms with Crippen molar-refractivity contribution in [3.05, 3.63) is 35.7 Å². The van der Waals surface area contributed by atoms with Crippen molar-refractivity contribution in [1.82, 2.24) is 15.0 Å². The first-order valence-electron chi connectivity index (χ1n) is 8.71. The Morgan fingerprint density at radius 3 is 2.40 bits per heavy atom. The minimum Gasteiger partial charge on any atom is -0.338 e. The molecule has 25 heavy (non-hydrogen) atoms. The number of alkyl halides is 3. The van der Waals surface area contributed by atoms with E-state index in [0.29, 0.717) is 29.9 Å². The predicted molar refractivity (Wildman–Crippen MR) is 87.7 cm³/mol. The molecule has 1 heterocycles. The summed E-state index contributed by atoms with van der Waals surface area (Å²) in [6.07, 6.45) is 1.83. The lowest BCUT2D eigenvalue weighted by Crippen LogP contribution is -2.36. The average molecular weight is 353 g/mol. The molecule has 0 amide bonds. The van der Waals surface area contributed by atoms with E-state index in [-0.39, 0.29) is 0 Å². The van der Waals surface area contributed by atoms with Crippen molar-refractivity contribution in [2.24, 2.45) is 0 Å². The largest absolute Gasteiger partial charge is 0.416 e. The van der Waals surface area contributed by atoms with Crippen LogP contribution in [0.4, 0.5) is 13.2 Å². The quantitative estimate of drug-likeness (QED) is 0.766. The molecular weight excluding hydrogens is 331 g/mol. The third-order valence-electron chi connectivity index (χ3n) is 4.77. The fourth-order valence-electron chi connectivity index (χ4n) is 3.36. The van der Waals surface area contributed by atoms with Gasteiger partial charge in [0, 0.05) is 11.6 Å². The smallest absolute Gasteiger partial charge is 0.338 e. The Morgan fingerprint density at radius 1 is 1.12 bits per heavy atom. The zero-order valence-electron chi connectivity index (χ0n) is 14.2. The first-order chi connectivity index (χ1) is 12.0. The van der Waals surface area contributed by atoms with Crippen molar-refractivity contribution in [3.8, 4) is 11.4 Å². The van der Waals surface area contributed by atoms with Crippen molar-refractivity contribution in [2.75, 3.05) is 6.54 Å². The molecule has 3 rings (SSSR count). The first kappa shape index (κ1) is 17.9. The molecule has 1 aromatic heterocycles. The number of hydrogen-bond donors (Lipinski definition) is 0. The van der Waals surface area contributed by atoms with Crippen LogP contribution in [0, 0.1) is 0 Å². The molecule has 1 aromatic carbocycles. The number of rotatable bonds is 5. The van der Waals surface area contributed by atoms with E-state index >= 15 is 0 Å². The minimum atomic E-state index is -4.34. The standard InChI is InChI=1S/C18H22F3N3O/c1-2-24(15-6-4-3-5-7-15)12-16-22-17(23-25-16)13-8-10-14(11-9-13)18(19,20)21/h8-11,15H,2-7,12H2,1H3. The van der Waals surface area contributed by atoms with Crippen LogP contribution in [0.3, 0.4) is 0 Å². The Hall–Kier alpha value is -1.89. The molecule has 0 saturated heterocycles. The van der Waals surface area contributed by atoms with Gasteiger partial charge in [-0.25, -0.2) is 0 Å². The fraction of sp³-hybridized carbons (Fsp3) is 0.556. The van der Waals surface area contributed by atoms with Crippen molar-refractivity contribution in [2.45, 2.75) is 57.8 Å². The summed E-state index contributed by atoms with van der Waals surface area (Å²) >= 11 is 0. The lowest BCUT2D eigenvalue weighted by Gasteiger charge is -2.32. The second-order valence-electron chi connectivity index (χ2n) is 6.44. The molecular formula is C18H22F3N3O. The average Bonchev–Trinajstić information content (AvgIpc) is 3.08. The summed E-state index contributed by atoms with van der Waals surface area (Å²) in [4.78, 5) is 6.69. The maximum absolute atomic E-state index is 12.6. The van der Waals surface area contributed by atoms with E-state index < -0.39 is 11.7 Å². The summed E-state index contributed by atoms with van der Waals surface area (Å²) in [7, 11) is 0. The zero-order chi connectivity index (χ0) is 17.9. The Bertz CT molecular complexity index is 676. The highest BCUT2D eigenvalue weighted by Gasteiger charge is 2.30. The zero-order valence-corrected chi connectivity index (χ0v) is 14.2. The first-order valence-corrected chi connectivity index (χ1v) is 8.71. The van der Waals surface area contributed by atoms with Gasteiger partial charge in [0.1, 0.15) is 0 Å². The molecule has 0 atom stereocenters. The van der Waals surface area contributed by atoms with Crippen LogP contribution >= 0.6 is 0 Å². The van der Waals surface area contributed by atoms with E-state index in [0.717, 1.165) is 18.7 Å². The Morgan fingerprint density at radius 2 is 1.80 bits per heavy atom. The molecule has 0 unspecified atom stereocenters. The van der Waals surface area contributed by atoms with E-state index in [1.807, 2.05) is 0 Å². The molecule has 2 aromatic rings. The number of nitrogens with zero attached hydrogens (tertiary/aromatic N) is 3. The second-order valence-corrected chi connectivity index (χ2v) is 6.44. The summed E-state index contributed by atoms with van der Waals surface area (Å²) in [6.45, 7) is 3.60. The van der Waals surface area contributed by atoms with E-state index in [1.54, 1.807) is 0 Å². The van der Waals surface area contributed by atoms with Crippen LogP contribution in [-0.4, -0.2) is 27.6 Å². The van der Waals surface area contributed by atoms with Gasteiger partial charge in [-0.15, -0.1) is 0 Å². The second kappa shape index (κ2) is 7.56. The van der Waals surface area contributed by atoms with Crippen LogP contribution in [0.2, 0.25) is 0 Å². The SMILES string of the molecule is CCN(Cc1nc(-c2ccc(C(F)(F)F)cc2)no1)C1CCCCC1. The summed E-state index contributed by atoms with van der Waals surface area (Å²) in [5.74, 6) is 0.825. The maximum Gasteiger partial charge on any atom is 0.416 e. The van der Waals surface area contributed by atoms with Crippen LogP contribution in [0.25, 0.3) is 11.4 Å². The Labute approximate surface area is 145 Å². The van der Waals surface area contributed by atoms with Crippen LogP contribution in [-0.2, 0) is 12.7 Å². The Balaban J connectivity index is 1.69. The van der Waals surface area contributed by atoms with Gasteiger partial charge >= 0.3 is 6.18 Å². The third-order valence-corrected chi connectivity index (χ3v) is 4.77. The van der Waals surface area contributed by atoms with Gasteiger partial charge < -0.3 is 4.52 Å². The van der Waals surface area contributed by atoms with Gasteiger partial charge in [-0.2, -0.15) is 18.2 Å². The summed E-state index contributed by atoms with van der Waals surface area (Å²) in [5.41, 5.74) is -0.168. The molecule has 0 spiro atoms. The highest BCUT2D eigenvalue weighted by Crippen LogP contribution is 2.30. The van der Waals surface area contributed by atoms with E-state index in [4.69, 9.17) is 4.52 Å². The van der Waals surface area contributed by atoms with Gasteiger partial charge in [-0.1, -0.05) is 43.5 Å². The summed E-state index contributed by atoms with van der Waals surface area (Å²) in [6, 6.07) is 5.35. The summed E-state index contributed by atoms with van der Waals surface area (Å²) in [5, 5.41) is 3.92. The van der Waals surface area contributed by atoms with E-state index in [1.165, 1.54) is 44.2 Å². The number of halogens is 3. The number of hydrogen-bond acceptors (Lipinski definition) is 4. The lowest BCUT2D eigenvalue weighted by molar-refractivity contribution is -0.137. The maximum atomic E-state index is 12.6. The fourth-order valence-corrected chi connectivity index (χ4v) is 3.36. The van der Waals surface area contributed by atoms with Gasteiger partial charge in [0.25, 0.3) is 0 Å². The third kappa shape index (κ3) is 4.39. The molecule has 0 N–H and O–H groups in total. The minimum absolute atomic E-state index is 0.323. The molecule has 0 aliphatic heterocycles. The van der Waals surface area contributed by atoms with Gasteiger partial charge in [-0.05, 0) is 31.5 Å². The Kier molecular flexibility index (Phi) is 5.42. The molecule has 1 saturated carbocycles. The van der Waals surface area contributed by atoms with Crippen LogP contribution in [0.5, 0.6) is 0 Å². The van der Waals surface area contributed by atoms with Crippen LogP contribution < -0.4 is 0 Å². The molecule has 136 valence electrons. The van der Waals surface area contributed by atoms with Crippen molar-refractivity contribution < 1.29 is 17.7 Å². The van der Waals surface area contributed by atoms with Crippen molar-refractivity contribution in [1.29, 1.82) is 0 Å². The van der Waals surface area contributed by atoms with Crippen molar-refractivity contribution >= 4 is 0 Å². The number of aromatic nitrogens is 2. The highest BCUT2D eigenvalue weighted by molar-refractivity contribution is 5.54. The lowest BCUT2D eigenvalue weighted by atomic mass is 9.94. The molecule has 1 aliphatic rings. The summed E-state index contributed by atoms with van der Waals surface area (Å²) < 4.78 is 43.2. The van der Waals surface area contributed by atoms with Crippen LogP contribution in [0.1, 0.15) is 50.5 Å². The van der Waals surface area contributed by atoms with Crippen LogP contribution in [0.15, 0.2) is 28.8 Å². The molecule has 1 fully saturated rings. The topological polar surface area (TPSA) is 42.2 Å².